The summed E-state index contributed by atoms with van der Waals surface area (Å²) in [4.78, 5) is 23.0. The average Bonchev–Trinajstić information content (AvgIpc) is 2.56. The number of carbonyl (C=O) groups excluding carboxylic acids is 1. The number of hydrogen-bond donors (Lipinski definition) is 2. The second kappa shape index (κ2) is 7.64. The van der Waals surface area contributed by atoms with E-state index in [1.165, 1.54) is 0 Å². The van der Waals surface area contributed by atoms with E-state index in [4.69, 9.17) is 9.84 Å². The molecule has 0 aliphatic rings. The van der Waals surface area contributed by atoms with Crippen molar-refractivity contribution >= 4 is 17.6 Å². The van der Waals surface area contributed by atoms with Gasteiger partial charge in [-0.1, -0.05) is 18.2 Å². The highest BCUT2D eigenvalue weighted by molar-refractivity contribution is 5.92. The Morgan fingerprint density at radius 3 is 2.33 bits per heavy atom. The number of amides is 1. The van der Waals surface area contributed by atoms with Crippen LogP contribution in [0.25, 0.3) is 0 Å². The van der Waals surface area contributed by atoms with Crippen LogP contribution in [0.1, 0.15) is 33.5 Å². The van der Waals surface area contributed by atoms with E-state index in [0.29, 0.717) is 12.8 Å². The maximum absolute atomic E-state index is 12.2. The van der Waals surface area contributed by atoms with Crippen molar-refractivity contribution in [2.45, 2.75) is 26.7 Å². The van der Waals surface area contributed by atoms with Gasteiger partial charge in [-0.25, -0.2) is 4.79 Å². The number of nitrogens with one attached hydrogen (secondary N) is 1. The molecule has 0 heterocycles. The Labute approximate surface area is 141 Å². The summed E-state index contributed by atoms with van der Waals surface area (Å²) < 4.78 is 5.36. The third kappa shape index (κ3) is 4.13. The zero-order valence-corrected chi connectivity index (χ0v) is 14.1. The first-order valence-electron chi connectivity index (χ1n) is 7.68. The molecule has 2 aromatic carbocycles. The molecule has 126 valence electrons. The second-order valence-electron chi connectivity index (χ2n) is 5.64. The fraction of sp³-hybridized carbons (Fsp3) is 0.263. The minimum Gasteiger partial charge on any atom is -0.496 e. The zero-order valence-electron chi connectivity index (χ0n) is 14.1. The number of rotatable bonds is 6. The van der Waals surface area contributed by atoms with Crippen molar-refractivity contribution in [3.05, 3.63) is 58.7 Å². The molecule has 5 heteroatoms. The predicted molar refractivity (Wildman–Crippen MR) is 92.8 cm³/mol. The van der Waals surface area contributed by atoms with Crippen LogP contribution in [0.2, 0.25) is 0 Å². The molecule has 0 saturated carbocycles. The Balaban J connectivity index is 1.97. The lowest BCUT2D eigenvalue weighted by atomic mass is 10.1. The minimum absolute atomic E-state index is 0.0914. The maximum Gasteiger partial charge on any atom is 0.335 e. The summed E-state index contributed by atoms with van der Waals surface area (Å²) in [6, 6.07) is 10.3. The van der Waals surface area contributed by atoms with Crippen molar-refractivity contribution in [1.82, 2.24) is 0 Å². The highest BCUT2D eigenvalue weighted by Crippen LogP contribution is 2.29. The van der Waals surface area contributed by atoms with Gasteiger partial charge in [-0.3, -0.25) is 4.79 Å². The Kier molecular flexibility index (Phi) is 5.58. The number of benzene rings is 2. The van der Waals surface area contributed by atoms with Crippen LogP contribution < -0.4 is 10.1 Å². The molecule has 0 aromatic heterocycles. The van der Waals surface area contributed by atoms with Gasteiger partial charge in [-0.2, -0.15) is 0 Å². The van der Waals surface area contributed by atoms with E-state index in [2.05, 4.69) is 5.32 Å². The lowest BCUT2D eigenvalue weighted by Gasteiger charge is -2.14. The van der Waals surface area contributed by atoms with E-state index in [-0.39, 0.29) is 11.5 Å². The van der Waals surface area contributed by atoms with Crippen LogP contribution in [0.3, 0.4) is 0 Å². The van der Waals surface area contributed by atoms with Gasteiger partial charge >= 0.3 is 5.97 Å². The molecule has 2 aromatic rings. The van der Waals surface area contributed by atoms with Gasteiger partial charge in [-0.05, 0) is 49.6 Å². The van der Waals surface area contributed by atoms with Crippen LogP contribution in [0.15, 0.2) is 36.4 Å². The molecular formula is C19H21NO4. The Morgan fingerprint density at radius 1 is 1.08 bits per heavy atom. The molecule has 0 fully saturated rings. The van der Waals surface area contributed by atoms with Gasteiger partial charge in [0.15, 0.2) is 0 Å². The molecule has 1 amide bonds. The largest absolute Gasteiger partial charge is 0.496 e. The zero-order chi connectivity index (χ0) is 17.7. The molecule has 0 saturated heterocycles. The third-order valence-electron chi connectivity index (χ3n) is 3.92. The normalized spacial score (nSPS) is 10.3. The highest BCUT2D eigenvalue weighted by Gasteiger charge is 2.11. The molecule has 0 aliphatic heterocycles. The molecule has 2 N–H and O–H groups in total. The topological polar surface area (TPSA) is 75.6 Å². The number of hydrogen-bond acceptors (Lipinski definition) is 3. The number of carboxylic acids is 1. The number of methoxy groups -OCH3 is 1. The van der Waals surface area contributed by atoms with Crippen LogP contribution in [0, 0.1) is 13.8 Å². The lowest BCUT2D eigenvalue weighted by molar-refractivity contribution is -0.116. The first-order chi connectivity index (χ1) is 11.4. The number of carbonyl (C=O) groups is 2. The van der Waals surface area contributed by atoms with E-state index in [9.17, 15) is 9.59 Å². The van der Waals surface area contributed by atoms with E-state index in [1.807, 2.05) is 26.0 Å². The molecule has 2 rings (SSSR count). The Hall–Kier alpha value is -2.82. The summed E-state index contributed by atoms with van der Waals surface area (Å²) >= 11 is 0. The van der Waals surface area contributed by atoms with Gasteiger partial charge in [-0.15, -0.1) is 0 Å². The fourth-order valence-electron chi connectivity index (χ4n) is 2.56. The van der Waals surface area contributed by atoms with Gasteiger partial charge < -0.3 is 15.2 Å². The number of anilines is 1. The number of carboxylic acid groups (broad SMARTS) is 1. The van der Waals surface area contributed by atoms with Gasteiger partial charge in [0.2, 0.25) is 5.91 Å². The summed E-state index contributed by atoms with van der Waals surface area (Å²) in [6.07, 6.45) is 0.871. The average molecular weight is 327 g/mol. The van der Waals surface area contributed by atoms with Crippen molar-refractivity contribution in [3.63, 3.8) is 0 Å². The molecule has 0 atom stereocenters. The molecule has 0 aliphatic carbocycles. The summed E-state index contributed by atoms with van der Waals surface area (Å²) in [7, 11) is 1.61. The van der Waals surface area contributed by atoms with Crippen molar-refractivity contribution in [2.24, 2.45) is 0 Å². The van der Waals surface area contributed by atoms with E-state index in [0.717, 1.165) is 28.1 Å². The fourth-order valence-corrected chi connectivity index (χ4v) is 2.56. The van der Waals surface area contributed by atoms with E-state index < -0.39 is 5.97 Å². The predicted octanol–water partition coefficient (Wildman–Crippen LogP) is 3.58. The number of aromatic carboxylic acids is 1. The first-order valence-corrected chi connectivity index (χ1v) is 7.68. The van der Waals surface area contributed by atoms with Crippen LogP contribution in [0.4, 0.5) is 5.69 Å². The molecule has 0 radical (unpaired) electrons. The van der Waals surface area contributed by atoms with Crippen LogP contribution in [-0.2, 0) is 11.2 Å². The maximum atomic E-state index is 12.2. The molecule has 24 heavy (non-hydrogen) atoms. The molecule has 0 bridgehead atoms. The van der Waals surface area contributed by atoms with E-state index >= 15 is 0 Å². The SMILES string of the molecule is COc1c(C)ccc(NC(=O)CCc2ccc(C(=O)O)cc2)c1C. The number of aryl methyl sites for hydroxylation is 2. The monoisotopic (exact) mass is 327 g/mol. The lowest BCUT2D eigenvalue weighted by Crippen LogP contribution is -2.13. The molecular weight excluding hydrogens is 306 g/mol. The first kappa shape index (κ1) is 17.5. The van der Waals surface area contributed by atoms with Gasteiger partial charge in [0.25, 0.3) is 0 Å². The summed E-state index contributed by atoms with van der Waals surface area (Å²) in [6.45, 7) is 3.87. The third-order valence-corrected chi connectivity index (χ3v) is 3.92. The summed E-state index contributed by atoms with van der Waals surface area (Å²) in [5.74, 6) is -0.272. The Bertz CT molecular complexity index is 751. The number of ether oxygens (including phenoxy) is 1. The van der Waals surface area contributed by atoms with E-state index in [1.54, 1.807) is 31.4 Å². The quantitative estimate of drug-likeness (QED) is 0.850. The highest BCUT2D eigenvalue weighted by atomic mass is 16.5. The molecule has 5 nitrogen and oxygen atoms in total. The molecule has 0 spiro atoms. The van der Waals surface area contributed by atoms with Crippen molar-refractivity contribution in [3.8, 4) is 5.75 Å². The van der Waals surface area contributed by atoms with Gasteiger partial charge in [0, 0.05) is 17.7 Å². The van der Waals surface area contributed by atoms with Crippen LogP contribution in [-0.4, -0.2) is 24.1 Å². The molecule has 0 unspecified atom stereocenters. The smallest absolute Gasteiger partial charge is 0.335 e. The van der Waals surface area contributed by atoms with Gasteiger partial charge in [0.1, 0.15) is 5.75 Å². The van der Waals surface area contributed by atoms with Crippen molar-refractivity contribution < 1.29 is 19.4 Å². The van der Waals surface area contributed by atoms with Crippen molar-refractivity contribution in [2.75, 3.05) is 12.4 Å². The van der Waals surface area contributed by atoms with Crippen molar-refractivity contribution in [1.29, 1.82) is 0 Å². The standard InChI is InChI=1S/C19H21NO4/c1-12-4-10-16(13(2)18(12)24-3)20-17(21)11-7-14-5-8-15(9-6-14)19(22)23/h4-6,8-10H,7,11H2,1-3H3,(H,20,21)(H,22,23). The van der Waals surface area contributed by atoms with Gasteiger partial charge in [0.05, 0.1) is 12.7 Å². The summed E-state index contributed by atoms with van der Waals surface area (Å²) in [5.41, 5.74) is 3.82. The Morgan fingerprint density at radius 2 is 1.75 bits per heavy atom. The second-order valence-corrected chi connectivity index (χ2v) is 5.64. The van der Waals surface area contributed by atoms with Crippen LogP contribution >= 0.6 is 0 Å². The minimum atomic E-state index is -0.955. The summed E-state index contributed by atoms with van der Waals surface area (Å²) in [5, 5.41) is 11.8. The van der Waals surface area contributed by atoms with Crippen LogP contribution in [0.5, 0.6) is 5.75 Å².